The fourth-order valence-electron chi connectivity index (χ4n) is 1.63. The zero-order valence-electron chi connectivity index (χ0n) is 9.93. The fraction of sp³-hybridized carbons (Fsp3) is 0.333. The van der Waals surface area contributed by atoms with Gasteiger partial charge in [-0.2, -0.15) is 0 Å². The molecule has 1 aromatic heterocycles. The van der Waals surface area contributed by atoms with E-state index in [0.29, 0.717) is 0 Å². The smallest absolute Gasteiger partial charge is 0.386 e. The summed E-state index contributed by atoms with van der Waals surface area (Å²) in [5, 5.41) is 0. The fourth-order valence-corrected chi connectivity index (χ4v) is 2.46. The maximum Gasteiger partial charge on any atom is 3.00 e. The summed E-state index contributed by atoms with van der Waals surface area (Å²) in [5.41, 5.74) is 9.51. The third kappa shape index (κ3) is 2.32. The largest absolute Gasteiger partial charge is 3.00 e. The average Bonchev–Trinajstić information content (AvgIpc) is 2.59. The van der Waals surface area contributed by atoms with Crippen LogP contribution in [0.4, 0.5) is 0 Å². The van der Waals surface area contributed by atoms with Crippen LogP contribution in [-0.4, -0.2) is 4.98 Å². The zero-order chi connectivity index (χ0) is 9.59. The molecule has 2 aromatic rings. The summed E-state index contributed by atoms with van der Waals surface area (Å²) in [7, 11) is 0. The summed E-state index contributed by atoms with van der Waals surface area (Å²) in [6.07, 6.45) is 0. The van der Waals surface area contributed by atoms with Crippen LogP contribution < -0.4 is 0 Å². The van der Waals surface area contributed by atoms with Gasteiger partial charge < -0.3 is 12.4 Å². The van der Waals surface area contributed by atoms with E-state index in [1.165, 1.54) is 27.0 Å². The molecule has 0 spiro atoms. The molecule has 3 heteroatoms. The summed E-state index contributed by atoms with van der Waals surface area (Å²) in [6, 6.07) is 0. The number of hydrogen-bond acceptors (Lipinski definition) is 2. The molecule has 1 heterocycles. The van der Waals surface area contributed by atoms with Crippen molar-refractivity contribution in [2.24, 2.45) is 0 Å². The molecule has 76 valence electrons. The van der Waals surface area contributed by atoms with Crippen molar-refractivity contribution in [1.29, 1.82) is 0 Å². The van der Waals surface area contributed by atoms with E-state index in [0.717, 1.165) is 5.52 Å². The molecular weight excluding hydrogens is 279 g/mol. The van der Waals surface area contributed by atoms with E-state index < -0.39 is 0 Å². The minimum atomic E-state index is 0. The van der Waals surface area contributed by atoms with E-state index in [1.807, 2.05) is 0 Å². The molecule has 0 N–H and O–H groups in total. The van der Waals surface area contributed by atoms with Crippen molar-refractivity contribution in [2.75, 3.05) is 0 Å². The van der Waals surface area contributed by atoms with Gasteiger partial charge in [0.25, 0.3) is 0 Å². The molecule has 1 aromatic carbocycles. The van der Waals surface area contributed by atoms with Crippen molar-refractivity contribution in [3.63, 3.8) is 0 Å². The first kappa shape index (κ1) is 15.2. The Morgan fingerprint density at radius 3 is 2.07 bits per heavy atom. The maximum absolute atomic E-state index is 4.27. The van der Waals surface area contributed by atoms with Gasteiger partial charge in [-0.3, -0.25) is 11.3 Å². The van der Waals surface area contributed by atoms with Gasteiger partial charge in [-0.05, 0) is 19.4 Å². The number of fused-ring (bicyclic) bond motifs is 1. The average molecular weight is 294 g/mol. The van der Waals surface area contributed by atoms with Crippen molar-refractivity contribution in [1.82, 2.24) is 4.98 Å². The monoisotopic (exact) mass is 294 g/mol. The van der Waals surface area contributed by atoms with Crippen LogP contribution in [-0.2, 0) is 32.7 Å². The Morgan fingerprint density at radius 2 is 1.47 bits per heavy atom. The summed E-state index contributed by atoms with van der Waals surface area (Å²) >= 11 is 1.61. The minimum absolute atomic E-state index is 0. The van der Waals surface area contributed by atoms with Crippen molar-refractivity contribution >= 4 is 21.6 Å². The molecule has 1 nitrogen and oxygen atoms in total. The van der Waals surface area contributed by atoms with Crippen molar-refractivity contribution in [2.45, 2.75) is 27.7 Å². The first-order valence-corrected chi connectivity index (χ1v) is 5.17. The second kappa shape index (κ2) is 5.51. The number of rotatable bonds is 0. The molecule has 0 aliphatic carbocycles. The first-order valence-electron chi connectivity index (χ1n) is 4.36. The predicted molar refractivity (Wildman–Crippen MR) is 63.8 cm³/mol. The van der Waals surface area contributed by atoms with Gasteiger partial charge in [-0.25, -0.2) is 0 Å². The van der Waals surface area contributed by atoms with Gasteiger partial charge >= 0.3 is 32.7 Å². The molecule has 2 rings (SSSR count). The van der Waals surface area contributed by atoms with E-state index in [4.69, 9.17) is 0 Å². The number of benzene rings is 1. The molecule has 0 fully saturated rings. The first-order chi connectivity index (χ1) is 6.13. The van der Waals surface area contributed by atoms with Gasteiger partial charge in [-0.15, -0.1) is 0 Å². The van der Waals surface area contributed by atoms with E-state index in [1.54, 1.807) is 11.3 Å². The number of nitrogens with zero attached hydrogens (tertiary/aromatic N) is 1. The Bertz CT molecular complexity index is 432. The number of hydrogen-bond donors (Lipinski definition) is 0. The molecule has 0 aliphatic heterocycles. The Hall–Kier alpha value is 0.214. The second-order valence-electron chi connectivity index (χ2n) is 3.48. The third-order valence-electron chi connectivity index (χ3n) is 2.90. The van der Waals surface area contributed by atoms with Crippen LogP contribution in [0, 0.1) is 40.6 Å². The zero-order valence-corrected chi connectivity index (χ0v) is 13.6. The molecule has 0 radical (unpaired) electrons. The predicted octanol–water partition coefficient (Wildman–Crippen LogP) is 3.78. The number of aryl methyl sites for hydroxylation is 2. The van der Waals surface area contributed by atoms with Crippen LogP contribution in [0.15, 0.2) is 0 Å². The number of thiazole rings is 1. The Morgan fingerprint density at radius 1 is 0.933 bits per heavy atom. The Labute approximate surface area is 121 Å². The topological polar surface area (TPSA) is 12.9 Å². The quantitative estimate of drug-likeness (QED) is 0.674. The van der Waals surface area contributed by atoms with Crippen LogP contribution in [0.3, 0.4) is 0 Å². The summed E-state index contributed by atoms with van der Waals surface area (Å²) in [5.74, 6) is 0. The molecule has 0 saturated carbocycles. The molecule has 0 bridgehead atoms. The van der Waals surface area contributed by atoms with E-state index in [-0.39, 0.29) is 40.1 Å². The molecule has 0 amide bonds. The summed E-state index contributed by atoms with van der Waals surface area (Å²) < 4.78 is 1.29. The normalized spacial score (nSPS) is 9.60. The van der Waals surface area contributed by atoms with Crippen molar-refractivity contribution in [3.05, 3.63) is 35.2 Å². The van der Waals surface area contributed by atoms with Gasteiger partial charge in [-0.1, -0.05) is 46.3 Å². The molecule has 0 atom stereocenters. The van der Waals surface area contributed by atoms with Crippen LogP contribution in [0.2, 0.25) is 0 Å². The van der Waals surface area contributed by atoms with Crippen LogP contribution >= 0.6 is 11.3 Å². The van der Waals surface area contributed by atoms with Crippen LogP contribution in [0.25, 0.3) is 10.2 Å². The van der Waals surface area contributed by atoms with E-state index in [9.17, 15) is 0 Å². The van der Waals surface area contributed by atoms with Gasteiger partial charge in [0.05, 0.1) is 0 Å². The van der Waals surface area contributed by atoms with Crippen molar-refractivity contribution in [3.8, 4) is 0 Å². The molecule has 0 aliphatic rings. The minimum Gasteiger partial charge on any atom is -0.386 e. The Kier molecular flexibility index (Phi) is 5.59. The van der Waals surface area contributed by atoms with Crippen molar-refractivity contribution < 1.29 is 32.7 Å². The van der Waals surface area contributed by atoms with Gasteiger partial charge in [0.2, 0.25) is 0 Å². The van der Waals surface area contributed by atoms with Gasteiger partial charge in [0.1, 0.15) is 0 Å². The van der Waals surface area contributed by atoms with E-state index in [2.05, 4.69) is 38.2 Å². The molecule has 0 saturated heterocycles. The van der Waals surface area contributed by atoms with E-state index >= 15 is 0 Å². The number of aromatic nitrogens is 1. The molecule has 0 unspecified atom stereocenters. The maximum atomic E-state index is 4.27. The SMILES string of the molecule is Cc1c(C)c(C)c2s[c-]nc2c1C.[CH3-].[Y+3]. The summed E-state index contributed by atoms with van der Waals surface area (Å²) in [6.45, 7) is 8.64. The van der Waals surface area contributed by atoms with Crippen LogP contribution in [0.1, 0.15) is 22.3 Å². The molecule has 15 heavy (non-hydrogen) atoms. The van der Waals surface area contributed by atoms with Gasteiger partial charge in [0.15, 0.2) is 0 Å². The standard InChI is InChI=1S/C11H12NS.CH3.Y/c1-6-7(2)9(4)11-10(8(6)3)12-5-13-11;;/h1-4H3;1H3;/q2*-1;+3. The molecular formula is C12H15NSY+. The second-order valence-corrected chi connectivity index (χ2v) is 4.28. The van der Waals surface area contributed by atoms with Gasteiger partial charge in [0, 0.05) is 0 Å². The summed E-state index contributed by atoms with van der Waals surface area (Å²) in [4.78, 5) is 4.27. The Balaban J connectivity index is 0.000000980. The van der Waals surface area contributed by atoms with Crippen LogP contribution in [0.5, 0.6) is 0 Å². The third-order valence-corrected chi connectivity index (χ3v) is 3.79.